The number of nitrogen functional groups attached to an aromatic ring is 1. The molecule has 0 aliphatic rings. The summed E-state index contributed by atoms with van der Waals surface area (Å²) in [6.45, 7) is 0. The van der Waals surface area contributed by atoms with Crippen molar-refractivity contribution in [2.75, 3.05) is 12.8 Å². The first-order valence-electron chi connectivity index (χ1n) is 2.99. The van der Waals surface area contributed by atoms with Crippen LogP contribution in [0.4, 0.5) is 4.69 Å². The van der Waals surface area contributed by atoms with E-state index >= 15 is 0 Å². The Labute approximate surface area is 70.1 Å². The molecule has 1 rings (SSSR count). The average molecular weight is 219 g/mol. The number of rotatable bonds is 2. The third-order valence-electron chi connectivity index (χ3n) is 1.12. The molecule has 60 valence electrons. The zero-order valence-corrected chi connectivity index (χ0v) is 7.75. The van der Waals surface area contributed by atoms with Crippen molar-refractivity contribution in [3.63, 3.8) is 0 Å². The van der Waals surface area contributed by atoms with Gasteiger partial charge in [0.15, 0.2) is 0 Å². The van der Waals surface area contributed by atoms with Gasteiger partial charge in [0.25, 0.3) is 0 Å². The summed E-state index contributed by atoms with van der Waals surface area (Å²) in [6.07, 6.45) is 1.97. The van der Waals surface area contributed by atoms with E-state index in [1.807, 2.05) is 0 Å². The quantitative estimate of drug-likeness (QED) is 0.534. The molecule has 0 aromatic carbocycles. The van der Waals surface area contributed by atoms with Crippen molar-refractivity contribution in [1.82, 2.24) is 4.98 Å². The van der Waals surface area contributed by atoms with Gasteiger partial charge in [0.2, 0.25) is 0 Å². The summed E-state index contributed by atoms with van der Waals surface area (Å²) >= 11 is 0.0637. The molecule has 0 unspecified atom stereocenters. The number of carbonyl (C=O) groups is 1. The molecule has 4 nitrogen and oxygen atoms in total. The average Bonchev–Trinajstić information content (AvgIpc) is 2.35. The molecule has 0 radical (unpaired) electrons. The first kappa shape index (κ1) is 8.30. The number of methoxy groups -OCH3 is 1. The van der Waals surface area contributed by atoms with E-state index in [9.17, 15) is 4.79 Å². The second kappa shape index (κ2) is 3.55. The maximum absolute atomic E-state index is 10.7. The molecule has 0 spiro atoms. The van der Waals surface area contributed by atoms with Crippen LogP contribution in [0.2, 0.25) is 0 Å². The van der Waals surface area contributed by atoms with Gasteiger partial charge in [-0.25, -0.2) is 0 Å². The topological polar surface area (TPSA) is 65.2 Å². The Balaban J connectivity index is 2.57. The van der Waals surface area contributed by atoms with Crippen LogP contribution in [0.3, 0.4) is 0 Å². The first-order valence-corrected chi connectivity index (χ1v) is 4.70. The minimum atomic E-state index is -0.233. The molecule has 0 saturated heterocycles. The van der Waals surface area contributed by atoms with Gasteiger partial charge in [-0.2, -0.15) is 0 Å². The maximum atomic E-state index is 10.7. The fourth-order valence-corrected chi connectivity index (χ4v) is 2.02. The van der Waals surface area contributed by atoms with Gasteiger partial charge in [0.1, 0.15) is 0 Å². The van der Waals surface area contributed by atoms with Gasteiger partial charge in [-0.3, -0.25) is 0 Å². The molecule has 5 heteroatoms. The number of nitrogens with zero attached hydrogens (tertiary/aromatic N) is 1. The van der Waals surface area contributed by atoms with Gasteiger partial charge in [-0.15, -0.1) is 0 Å². The molecule has 0 saturated carbocycles. The molecule has 0 bridgehead atoms. The van der Waals surface area contributed by atoms with Crippen molar-refractivity contribution < 1.29 is 9.53 Å². The number of hydrogen-bond donors (Lipinski definition) is 1. The number of ether oxygens (including phenoxy) is 1. The summed E-state index contributed by atoms with van der Waals surface area (Å²) in [7, 11) is 1.37. The van der Waals surface area contributed by atoms with Crippen LogP contribution in [0, 0.1) is 0 Å². The Bertz CT molecular complexity index is 259. The van der Waals surface area contributed by atoms with E-state index < -0.39 is 0 Å². The molecule has 0 aliphatic carbocycles. The zero-order valence-electron chi connectivity index (χ0n) is 6.03. The zero-order chi connectivity index (χ0) is 8.27. The normalized spacial score (nSPS) is 9.55. The van der Waals surface area contributed by atoms with E-state index in [0.717, 1.165) is 4.44 Å². The van der Waals surface area contributed by atoms with E-state index in [2.05, 4.69) is 9.72 Å². The predicted octanol–water partition coefficient (Wildman–Crippen LogP) is -0.564. The third-order valence-corrected chi connectivity index (χ3v) is 2.85. The van der Waals surface area contributed by atoms with Gasteiger partial charge in [-0.05, 0) is 0 Å². The monoisotopic (exact) mass is 220 g/mol. The van der Waals surface area contributed by atoms with Crippen LogP contribution in [0.1, 0.15) is 4.44 Å². The number of anilines is 1. The van der Waals surface area contributed by atoms with E-state index in [4.69, 9.17) is 5.73 Å². The van der Waals surface area contributed by atoms with Crippen molar-refractivity contribution >= 4 is 25.2 Å². The van der Waals surface area contributed by atoms with Gasteiger partial charge in [-0.1, -0.05) is 0 Å². The van der Waals surface area contributed by atoms with Gasteiger partial charge >= 0.3 is 69.6 Å². The molecule has 1 aromatic rings. The van der Waals surface area contributed by atoms with Crippen LogP contribution in [0.15, 0.2) is 6.20 Å². The molecule has 0 fully saturated rings. The Morgan fingerprint density at radius 1 is 1.91 bits per heavy atom. The van der Waals surface area contributed by atoms with Crippen molar-refractivity contribution in [2.45, 2.75) is 6.42 Å². The van der Waals surface area contributed by atoms with Crippen LogP contribution in [0.5, 0.6) is 0 Å². The molecule has 0 amide bonds. The summed E-state index contributed by atoms with van der Waals surface area (Å²) < 4.78 is 6.08. The number of carbonyl (C=O) groups excluding carboxylic acids is 1. The molecule has 1 heterocycles. The molecule has 0 atom stereocenters. The number of esters is 1. The Morgan fingerprint density at radius 2 is 2.64 bits per heavy atom. The molecular weight excluding hydrogens is 211 g/mol. The van der Waals surface area contributed by atoms with Crippen LogP contribution in [-0.2, 0) is 16.0 Å². The molecule has 11 heavy (non-hydrogen) atoms. The first-order chi connectivity index (χ1) is 5.22. The Morgan fingerprint density at radius 3 is 3.09 bits per heavy atom. The summed E-state index contributed by atoms with van der Waals surface area (Å²) in [5.74, 6) is -0.233. The minimum absolute atomic E-state index is 0.0637. The molecule has 2 N–H and O–H groups in total. The fourth-order valence-electron chi connectivity index (χ4n) is 0.619. The fraction of sp³-hybridized carbons (Fsp3) is 0.333. The van der Waals surface area contributed by atoms with Gasteiger partial charge < -0.3 is 0 Å². The SMILES string of the molecule is COC(=O)Cc1cnc(N)[se]1. The summed E-state index contributed by atoms with van der Waals surface area (Å²) in [5.41, 5.74) is 5.42. The summed E-state index contributed by atoms with van der Waals surface area (Å²) in [6, 6.07) is 0. The van der Waals surface area contributed by atoms with Crippen molar-refractivity contribution in [3.05, 3.63) is 10.6 Å². The second-order valence-corrected chi connectivity index (χ2v) is 4.32. The standard InChI is InChI=1S/C6H8N2O2Se/c1-10-5(9)2-4-3-8-6(7)11-4/h3H,2H2,1H3,(H2,7,8). The van der Waals surface area contributed by atoms with Crippen LogP contribution < -0.4 is 5.73 Å². The van der Waals surface area contributed by atoms with E-state index in [1.165, 1.54) is 7.11 Å². The van der Waals surface area contributed by atoms with Crippen LogP contribution in [-0.4, -0.2) is 32.6 Å². The van der Waals surface area contributed by atoms with Crippen molar-refractivity contribution in [1.29, 1.82) is 0 Å². The third kappa shape index (κ3) is 2.36. The van der Waals surface area contributed by atoms with Gasteiger partial charge in [0, 0.05) is 0 Å². The number of nitrogens with two attached hydrogens (primary N) is 1. The van der Waals surface area contributed by atoms with Crippen molar-refractivity contribution in [2.24, 2.45) is 0 Å². The Hall–Kier alpha value is -0.801. The van der Waals surface area contributed by atoms with E-state index in [1.54, 1.807) is 6.20 Å². The molecule has 0 aliphatic heterocycles. The Kier molecular flexibility index (Phi) is 2.68. The second-order valence-electron chi connectivity index (χ2n) is 1.92. The van der Waals surface area contributed by atoms with E-state index in [0.29, 0.717) is 11.1 Å². The summed E-state index contributed by atoms with van der Waals surface area (Å²) in [4.78, 5) is 14.6. The van der Waals surface area contributed by atoms with Crippen LogP contribution in [0.25, 0.3) is 0 Å². The van der Waals surface area contributed by atoms with Gasteiger partial charge in [0.05, 0.1) is 0 Å². The van der Waals surface area contributed by atoms with E-state index in [-0.39, 0.29) is 20.5 Å². The number of hydrogen-bond acceptors (Lipinski definition) is 4. The number of aromatic nitrogens is 1. The summed E-state index contributed by atoms with van der Waals surface area (Å²) in [5, 5.41) is 0. The van der Waals surface area contributed by atoms with Crippen LogP contribution >= 0.6 is 0 Å². The molecular formula is C6H8N2O2Se. The van der Waals surface area contributed by atoms with Crippen molar-refractivity contribution in [3.8, 4) is 0 Å². The predicted molar refractivity (Wildman–Crippen MR) is 41.3 cm³/mol. The molecule has 1 aromatic heterocycles.